The highest BCUT2D eigenvalue weighted by Gasteiger charge is 2.32. The Balaban J connectivity index is 2.49. The second kappa shape index (κ2) is 6.34. The molecule has 1 heterocycles. The molecule has 1 aliphatic heterocycles. The maximum Gasteiger partial charge on any atom is 0.353 e. The van der Waals surface area contributed by atoms with Gasteiger partial charge in [0.2, 0.25) is 6.10 Å². The number of amides is 1. The summed E-state index contributed by atoms with van der Waals surface area (Å²) in [5.74, 6) is -1.33. The third kappa shape index (κ3) is 3.69. The van der Waals surface area contributed by atoms with E-state index in [1.807, 2.05) is 13.8 Å². The molecule has 0 bridgehead atoms. The van der Waals surface area contributed by atoms with Gasteiger partial charge in [-0.1, -0.05) is 19.0 Å². The van der Waals surface area contributed by atoms with Crippen LogP contribution in [0.5, 0.6) is 0 Å². The van der Waals surface area contributed by atoms with Gasteiger partial charge < -0.3 is 20.0 Å². The second-order valence-corrected chi connectivity index (χ2v) is 4.46. The average Bonchev–Trinajstić information content (AvgIpc) is 2.77. The van der Waals surface area contributed by atoms with Gasteiger partial charge >= 0.3 is 5.97 Å². The summed E-state index contributed by atoms with van der Waals surface area (Å²) in [6.07, 6.45) is -0.881. The highest BCUT2D eigenvalue weighted by Crippen LogP contribution is 2.12. The number of rotatable bonds is 6. The van der Waals surface area contributed by atoms with Gasteiger partial charge in [-0.2, -0.15) is 0 Å². The van der Waals surface area contributed by atoms with Gasteiger partial charge in [-0.25, -0.2) is 4.79 Å². The van der Waals surface area contributed by atoms with Crippen LogP contribution in [0.3, 0.4) is 0 Å². The van der Waals surface area contributed by atoms with Crippen molar-refractivity contribution in [3.8, 4) is 0 Å². The third-order valence-electron chi connectivity index (χ3n) is 2.69. The molecule has 102 valence electrons. The van der Waals surface area contributed by atoms with Crippen LogP contribution in [-0.2, 0) is 19.2 Å². The summed E-state index contributed by atoms with van der Waals surface area (Å²) in [6, 6.07) is -0.139. The molecule has 1 amide bonds. The number of hydrogen-bond acceptors (Lipinski definition) is 5. The van der Waals surface area contributed by atoms with E-state index in [0.717, 1.165) is 0 Å². The van der Waals surface area contributed by atoms with Gasteiger partial charge in [0.1, 0.15) is 0 Å². The molecular formula is C11H18N2O5. The summed E-state index contributed by atoms with van der Waals surface area (Å²) >= 11 is 0. The van der Waals surface area contributed by atoms with Crippen LogP contribution in [0.25, 0.3) is 0 Å². The van der Waals surface area contributed by atoms with Crippen molar-refractivity contribution < 1.29 is 24.3 Å². The molecule has 2 unspecified atom stereocenters. The first-order valence-corrected chi connectivity index (χ1v) is 5.71. The lowest BCUT2D eigenvalue weighted by molar-refractivity contribution is -0.132. The fourth-order valence-corrected chi connectivity index (χ4v) is 1.50. The molecular weight excluding hydrogens is 240 g/mol. The molecule has 0 aliphatic carbocycles. The van der Waals surface area contributed by atoms with Crippen LogP contribution in [0.15, 0.2) is 5.16 Å². The minimum atomic E-state index is -1.16. The zero-order chi connectivity index (χ0) is 13.7. The minimum absolute atomic E-state index is 0.0149. The highest BCUT2D eigenvalue weighted by atomic mass is 16.6. The van der Waals surface area contributed by atoms with Crippen molar-refractivity contribution in [2.24, 2.45) is 11.1 Å². The number of oxime groups is 1. The zero-order valence-corrected chi connectivity index (χ0v) is 10.7. The first kappa shape index (κ1) is 14.4. The Morgan fingerprint density at radius 3 is 2.72 bits per heavy atom. The summed E-state index contributed by atoms with van der Waals surface area (Å²) in [4.78, 5) is 27.3. The van der Waals surface area contributed by atoms with Gasteiger partial charge in [-0.3, -0.25) is 4.79 Å². The molecule has 0 aromatic heterocycles. The Hall–Kier alpha value is -1.63. The fourth-order valence-electron chi connectivity index (χ4n) is 1.50. The first-order chi connectivity index (χ1) is 8.45. The van der Waals surface area contributed by atoms with Crippen molar-refractivity contribution in [3.05, 3.63) is 0 Å². The van der Waals surface area contributed by atoms with E-state index in [9.17, 15) is 9.59 Å². The van der Waals surface area contributed by atoms with Crippen LogP contribution in [0.1, 0.15) is 20.3 Å². The lowest BCUT2D eigenvalue weighted by Crippen LogP contribution is -2.46. The van der Waals surface area contributed by atoms with E-state index in [4.69, 9.17) is 14.7 Å². The lowest BCUT2D eigenvalue weighted by Gasteiger charge is -2.22. The SMILES string of the molecule is COCC(NC(=O)C1CC(C(=O)O)=NO1)C(C)C. The van der Waals surface area contributed by atoms with Crippen LogP contribution in [-0.4, -0.2) is 48.6 Å². The smallest absolute Gasteiger partial charge is 0.353 e. The summed E-state index contributed by atoms with van der Waals surface area (Å²) in [5.41, 5.74) is -0.136. The van der Waals surface area contributed by atoms with Crippen LogP contribution < -0.4 is 5.32 Å². The predicted octanol–water partition coefficient (Wildman–Crippen LogP) is 0.00310. The van der Waals surface area contributed by atoms with Gasteiger partial charge in [-0.05, 0) is 5.92 Å². The largest absolute Gasteiger partial charge is 0.477 e. The number of hydrogen-bond donors (Lipinski definition) is 2. The predicted molar refractivity (Wildman–Crippen MR) is 63.2 cm³/mol. The normalized spacial score (nSPS) is 20.2. The van der Waals surface area contributed by atoms with E-state index in [2.05, 4.69) is 10.5 Å². The monoisotopic (exact) mass is 258 g/mol. The summed E-state index contributed by atoms with van der Waals surface area (Å²) in [7, 11) is 1.55. The van der Waals surface area contributed by atoms with Crippen LogP contribution in [0.2, 0.25) is 0 Å². The molecule has 0 radical (unpaired) electrons. The Morgan fingerprint density at radius 2 is 2.28 bits per heavy atom. The number of methoxy groups -OCH3 is 1. The highest BCUT2D eigenvalue weighted by molar-refractivity contribution is 6.36. The van der Waals surface area contributed by atoms with E-state index in [1.165, 1.54) is 0 Å². The van der Waals surface area contributed by atoms with E-state index in [-0.39, 0.29) is 30.0 Å². The lowest BCUT2D eigenvalue weighted by atomic mass is 10.0. The van der Waals surface area contributed by atoms with Crippen LogP contribution >= 0.6 is 0 Å². The van der Waals surface area contributed by atoms with Gasteiger partial charge in [0.15, 0.2) is 5.71 Å². The number of carboxylic acid groups (broad SMARTS) is 1. The number of nitrogens with one attached hydrogen (secondary N) is 1. The number of carboxylic acids is 1. The van der Waals surface area contributed by atoms with Crippen molar-refractivity contribution >= 4 is 17.6 Å². The Bertz CT molecular complexity index is 353. The minimum Gasteiger partial charge on any atom is -0.477 e. The molecule has 0 saturated heterocycles. The number of carbonyl (C=O) groups excluding carboxylic acids is 1. The standard InChI is InChI=1S/C11H18N2O5/c1-6(2)8(5-17-3)12-10(14)9-4-7(11(15)16)13-18-9/h6,8-9H,4-5H2,1-3H3,(H,12,14)(H,15,16). The number of aliphatic carboxylic acids is 1. The molecule has 0 fully saturated rings. The van der Waals surface area contributed by atoms with E-state index >= 15 is 0 Å². The van der Waals surface area contributed by atoms with Gasteiger partial charge in [0.05, 0.1) is 12.6 Å². The number of carbonyl (C=O) groups is 2. The molecule has 1 aliphatic rings. The molecule has 0 saturated carbocycles. The summed E-state index contributed by atoms with van der Waals surface area (Å²) < 4.78 is 5.01. The third-order valence-corrected chi connectivity index (χ3v) is 2.69. The molecule has 0 aromatic rings. The number of ether oxygens (including phenoxy) is 1. The summed E-state index contributed by atoms with van der Waals surface area (Å²) in [6.45, 7) is 4.31. The van der Waals surface area contributed by atoms with Gasteiger partial charge in [0, 0.05) is 13.5 Å². The van der Waals surface area contributed by atoms with E-state index in [1.54, 1.807) is 7.11 Å². The molecule has 1 rings (SSSR count). The Kier molecular flexibility index (Phi) is 5.08. The quantitative estimate of drug-likeness (QED) is 0.699. The molecule has 0 aromatic carbocycles. The van der Waals surface area contributed by atoms with Crippen molar-refractivity contribution in [1.82, 2.24) is 5.32 Å². The molecule has 0 spiro atoms. The molecule has 18 heavy (non-hydrogen) atoms. The van der Waals surface area contributed by atoms with Crippen LogP contribution in [0.4, 0.5) is 0 Å². The van der Waals surface area contributed by atoms with Gasteiger partial charge in [0.25, 0.3) is 5.91 Å². The van der Waals surface area contributed by atoms with Crippen LogP contribution in [0, 0.1) is 5.92 Å². The van der Waals surface area contributed by atoms with E-state index in [0.29, 0.717) is 6.61 Å². The Morgan fingerprint density at radius 1 is 1.61 bits per heavy atom. The van der Waals surface area contributed by atoms with Crippen molar-refractivity contribution in [2.75, 3.05) is 13.7 Å². The first-order valence-electron chi connectivity index (χ1n) is 5.71. The molecule has 2 N–H and O–H groups in total. The Labute approximate surface area is 105 Å². The number of nitrogens with zero attached hydrogens (tertiary/aromatic N) is 1. The molecule has 7 heteroatoms. The summed E-state index contributed by atoms with van der Waals surface area (Å²) in [5, 5.41) is 14.8. The van der Waals surface area contributed by atoms with Crippen molar-refractivity contribution in [1.29, 1.82) is 0 Å². The second-order valence-electron chi connectivity index (χ2n) is 4.46. The van der Waals surface area contributed by atoms with Crippen molar-refractivity contribution in [3.63, 3.8) is 0 Å². The van der Waals surface area contributed by atoms with E-state index < -0.39 is 12.1 Å². The molecule has 7 nitrogen and oxygen atoms in total. The average molecular weight is 258 g/mol. The molecule has 2 atom stereocenters. The topological polar surface area (TPSA) is 97.2 Å². The fraction of sp³-hybridized carbons (Fsp3) is 0.727. The zero-order valence-electron chi connectivity index (χ0n) is 10.7. The van der Waals surface area contributed by atoms with Gasteiger partial charge in [-0.15, -0.1) is 0 Å². The maximum atomic E-state index is 11.8. The maximum absolute atomic E-state index is 11.8. The van der Waals surface area contributed by atoms with Crippen molar-refractivity contribution in [2.45, 2.75) is 32.4 Å².